The molecule has 3 nitrogen and oxygen atoms in total. The van der Waals surface area contributed by atoms with Crippen molar-refractivity contribution in [2.75, 3.05) is 0 Å². The second-order valence-corrected chi connectivity index (χ2v) is 9.65. The highest BCUT2D eigenvalue weighted by Crippen LogP contribution is 2.30. The third kappa shape index (κ3) is 5.11. The van der Waals surface area contributed by atoms with Crippen molar-refractivity contribution >= 4 is 15.9 Å². The molecule has 0 saturated carbocycles. The predicted octanol–water partition coefficient (Wildman–Crippen LogP) is 8.97. The largest absolute Gasteiger partial charge is 0.264 e. The lowest BCUT2D eigenvalue weighted by atomic mass is 10.0. The molecule has 0 aliphatic rings. The van der Waals surface area contributed by atoms with E-state index in [-0.39, 0.29) is 0 Å². The fraction of sp³-hybridized carbons (Fsp3) is 0. The van der Waals surface area contributed by atoms with Crippen LogP contribution in [0.25, 0.3) is 56.2 Å². The Morgan fingerprint density at radius 3 is 1.46 bits per heavy atom. The molecular formula is C33H22BrN3. The van der Waals surface area contributed by atoms with Crippen molar-refractivity contribution in [3.05, 3.63) is 138 Å². The molecule has 0 bridgehead atoms. The van der Waals surface area contributed by atoms with E-state index in [0.29, 0.717) is 5.82 Å². The molecule has 4 aromatic carbocycles. The Balaban J connectivity index is 1.40. The Hall–Kier alpha value is -4.41. The Morgan fingerprint density at radius 1 is 0.432 bits per heavy atom. The fourth-order valence-electron chi connectivity index (χ4n) is 4.30. The van der Waals surface area contributed by atoms with Crippen LogP contribution in [0, 0.1) is 0 Å². The number of benzene rings is 4. The first kappa shape index (κ1) is 23.0. The summed E-state index contributed by atoms with van der Waals surface area (Å²) in [6, 6.07) is 41.6. The monoisotopic (exact) mass is 539 g/mol. The van der Waals surface area contributed by atoms with Gasteiger partial charge in [0.1, 0.15) is 0 Å². The van der Waals surface area contributed by atoms with Gasteiger partial charge in [-0.1, -0.05) is 113 Å². The summed E-state index contributed by atoms with van der Waals surface area (Å²) in [6.07, 6.45) is 3.67. The van der Waals surface area contributed by atoms with Crippen molar-refractivity contribution in [3.8, 4) is 56.2 Å². The Labute approximate surface area is 224 Å². The Morgan fingerprint density at radius 2 is 0.919 bits per heavy atom. The van der Waals surface area contributed by atoms with Gasteiger partial charge >= 0.3 is 0 Å². The zero-order valence-corrected chi connectivity index (χ0v) is 21.5. The standard InChI is InChI=1S/C33H22BrN3/c34-30-18-16-24(17-19-30)23-8-12-26(13-9-23)31-21-32(37-33(36-31)28-5-2-1-3-6-28)27-14-10-25(11-15-27)29-7-4-20-35-22-29/h1-22H. The summed E-state index contributed by atoms with van der Waals surface area (Å²) in [5.41, 5.74) is 9.42. The third-order valence-corrected chi connectivity index (χ3v) is 6.82. The zero-order chi connectivity index (χ0) is 25.0. The molecule has 0 spiro atoms. The van der Waals surface area contributed by atoms with Gasteiger partial charge in [0.25, 0.3) is 0 Å². The van der Waals surface area contributed by atoms with Crippen molar-refractivity contribution in [1.29, 1.82) is 0 Å². The molecule has 0 aliphatic heterocycles. The van der Waals surface area contributed by atoms with E-state index >= 15 is 0 Å². The van der Waals surface area contributed by atoms with Crippen molar-refractivity contribution in [1.82, 2.24) is 15.0 Å². The summed E-state index contributed by atoms with van der Waals surface area (Å²) in [7, 11) is 0. The highest BCUT2D eigenvalue weighted by Gasteiger charge is 2.11. The third-order valence-electron chi connectivity index (χ3n) is 6.29. The summed E-state index contributed by atoms with van der Waals surface area (Å²) >= 11 is 3.51. The van der Waals surface area contributed by atoms with Crippen LogP contribution in [0.1, 0.15) is 0 Å². The molecule has 176 valence electrons. The van der Waals surface area contributed by atoms with Gasteiger partial charge < -0.3 is 0 Å². The average molecular weight is 540 g/mol. The SMILES string of the molecule is Brc1ccc(-c2ccc(-c3cc(-c4ccc(-c5cccnc5)cc4)nc(-c4ccccc4)n3)cc2)cc1. The molecule has 37 heavy (non-hydrogen) atoms. The number of aromatic nitrogens is 3. The molecular weight excluding hydrogens is 518 g/mol. The minimum Gasteiger partial charge on any atom is -0.264 e. The van der Waals surface area contributed by atoms with Crippen LogP contribution < -0.4 is 0 Å². The molecule has 0 amide bonds. The second kappa shape index (κ2) is 10.3. The van der Waals surface area contributed by atoms with Gasteiger partial charge in [0, 0.05) is 33.6 Å². The molecule has 0 atom stereocenters. The van der Waals surface area contributed by atoms with Gasteiger partial charge in [-0.2, -0.15) is 0 Å². The summed E-state index contributed by atoms with van der Waals surface area (Å²) in [5.74, 6) is 0.710. The van der Waals surface area contributed by atoms with Crippen LogP contribution in [0.5, 0.6) is 0 Å². The maximum Gasteiger partial charge on any atom is 0.160 e. The lowest BCUT2D eigenvalue weighted by Gasteiger charge is -2.11. The quantitative estimate of drug-likeness (QED) is 0.219. The first-order valence-corrected chi connectivity index (χ1v) is 12.8. The van der Waals surface area contributed by atoms with E-state index in [4.69, 9.17) is 9.97 Å². The second-order valence-electron chi connectivity index (χ2n) is 8.73. The lowest BCUT2D eigenvalue weighted by molar-refractivity contribution is 1.18. The van der Waals surface area contributed by atoms with E-state index in [1.165, 1.54) is 11.1 Å². The zero-order valence-electron chi connectivity index (χ0n) is 19.9. The molecule has 0 N–H and O–H groups in total. The summed E-state index contributed by atoms with van der Waals surface area (Å²) < 4.78 is 1.07. The maximum absolute atomic E-state index is 4.95. The number of nitrogens with zero attached hydrogens (tertiary/aromatic N) is 3. The topological polar surface area (TPSA) is 38.7 Å². The van der Waals surface area contributed by atoms with Crippen LogP contribution >= 0.6 is 15.9 Å². The minimum atomic E-state index is 0.710. The van der Waals surface area contributed by atoms with Gasteiger partial charge in [-0.15, -0.1) is 0 Å². The van der Waals surface area contributed by atoms with Crippen molar-refractivity contribution in [2.45, 2.75) is 0 Å². The minimum absolute atomic E-state index is 0.710. The molecule has 2 heterocycles. The van der Waals surface area contributed by atoms with Gasteiger partial charge in [-0.3, -0.25) is 4.98 Å². The first-order chi connectivity index (χ1) is 18.2. The maximum atomic E-state index is 4.95. The van der Waals surface area contributed by atoms with E-state index in [2.05, 4.69) is 106 Å². The lowest BCUT2D eigenvalue weighted by Crippen LogP contribution is -1.96. The molecule has 6 aromatic rings. The van der Waals surface area contributed by atoms with Crippen molar-refractivity contribution < 1.29 is 0 Å². The Kier molecular flexibility index (Phi) is 6.40. The molecule has 0 fully saturated rings. The van der Waals surface area contributed by atoms with Gasteiger partial charge in [0.2, 0.25) is 0 Å². The number of halogens is 1. The van der Waals surface area contributed by atoms with E-state index < -0.39 is 0 Å². The number of hydrogen-bond acceptors (Lipinski definition) is 3. The smallest absolute Gasteiger partial charge is 0.160 e. The van der Waals surface area contributed by atoms with E-state index in [1.54, 1.807) is 6.20 Å². The van der Waals surface area contributed by atoms with Crippen LogP contribution in [0.15, 0.2) is 138 Å². The molecule has 2 aromatic heterocycles. The number of hydrogen-bond donors (Lipinski definition) is 0. The first-order valence-electron chi connectivity index (χ1n) is 12.0. The van der Waals surface area contributed by atoms with Crippen molar-refractivity contribution in [3.63, 3.8) is 0 Å². The van der Waals surface area contributed by atoms with Crippen LogP contribution in [0.4, 0.5) is 0 Å². The summed E-state index contributed by atoms with van der Waals surface area (Å²) in [4.78, 5) is 14.1. The summed E-state index contributed by atoms with van der Waals surface area (Å²) in [5, 5.41) is 0. The van der Waals surface area contributed by atoms with E-state index in [0.717, 1.165) is 43.7 Å². The normalized spacial score (nSPS) is 10.8. The van der Waals surface area contributed by atoms with E-state index in [1.807, 2.05) is 42.6 Å². The Bertz CT molecular complexity index is 1630. The average Bonchev–Trinajstić information content (AvgIpc) is 2.98. The number of pyridine rings is 1. The van der Waals surface area contributed by atoms with Crippen LogP contribution in [-0.4, -0.2) is 15.0 Å². The number of rotatable bonds is 5. The predicted molar refractivity (Wildman–Crippen MR) is 155 cm³/mol. The molecule has 6 rings (SSSR count). The van der Waals surface area contributed by atoms with Crippen molar-refractivity contribution in [2.24, 2.45) is 0 Å². The molecule has 0 unspecified atom stereocenters. The van der Waals surface area contributed by atoms with Crippen LogP contribution in [-0.2, 0) is 0 Å². The molecule has 0 radical (unpaired) electrons. The molecule has 4 heteroatoms. The van der Waals surface area contributed by atoms with Gasteiger partial charge in [0.05, 0.1) is 11.4 Å². The molecule has 0 aliphatic carbocycles. The van der Waals surface area contributed by atoms with Crippen LogP contribution in [0.2, 0.25) is 0 Å². The van der Waals surface area contributed by atoms with Gasteiger partial charge in [-0.25, -0.2) is 9.97 Å². The highest BCUT2D eigenvalue weighted by atomic mass is 79.9. The molecule has 0 saturated heterocycles. The fourth-order valence-corrected chi connectivity index (χ4v) is 4.57. The van der Waals surface area contributed by atoms with Gasteiger partial charge in [-0.05, 0) is 46.5 Å². The van der Waals surface area contributed by atoms with E-state index in [9.17, 15) is 0 Å². The van der Waals surface area contributed by atoms with Gasteiger partial charge in [0.15, 0.2) is 5.82 Å². The summed E-state index contributed by atoms with van der Waals surface area (Å²) in [6.45, 7) is 0. The highest BCUT2D eigenvalue weighted by molar-refractivity contribution is 9.10. The van der Waals surface area contributed by atoms with Crippen LogP contribution in [0.3, 0.4) is 0 Å².